The van der Waals surface area contributed by atoms with Crippen LogP contribution in [0.4, 0.5) is 5.69 Å². The first-order chi connectivity index (χ1) is 13.7. The Balaban J connectivity index is 1.43. The Labute approximate surface area is 165 Å². The molecule has 1 aliphatic heterocycles. The summed E-state index contributed by atoms with van der Waals surface area (Å²) in [6.45, 7) is 1.44. The zero-order valence-electron chi connectivity index (χ0n) is 16.1. The van der Waals surface area contributed by atoms with Crippen molar-refractivity contribution in [2.45, 2.75) is 31.3 Å². The molecule has 1 heterocycles. The van der Waals surface area contributed by atoms with Crippen LogP contribution in [0.3, 0.4) is 0 Å². The van der Waals surface area contributed by atoms with E-state index in [0.29, 0.717) is 43.5 Å². The second kappa shape index (κ2) is 8.10. The Kier molecular flexibility index (Phi) is 5.39. The van der Waals surface area contributed by atoms with E-state index in [1.807, 2.05) is 30.3 Å². The van der Waals surface area contributed by atoms with Crippen LogP contribution in [0.1, 0.15) is 30.7 Å². The lowest BCUT2D eigenvalue weighted by Crippen LogP contribution is -2.32. The van der Waals surface area contributed by atoms with E-state index in [1.165, 1.54) is 18.4 Å². The standard InChI is InChI=1S/C22H26N2O4/c1-26-21-14-17(6-9-19(21)27-13-11-23)24-12-10-20(22(24)25)28-18-7-4-16(5-8-18)15-2-3-15/h4-9,14-15,20H,2-3,10-13,23H2,1H3/t20-/m0/s1. The van der Waals surface area contributed by atoms with Gasteiger partial charge in [0.15, 0.2) is 17.6 Å². The van der Waals surface area contributed by atoms with Gasteiger partial charge in [-0.25, -0.2) is 0 Å². The molecule has 28 heavy (non-hydrogen) atoms. The molecule has 148 valence electrons. The summed E-state index contributed by atoms with van der Waals surface area (Å²) in [6, 6.07) is 13.6. The van der Waals surface area contributed by atoms with Crippen molar-refractivity contribution in [2.24, 2.45) is 5.73 Å². The van der Waals surface area contributed by atoms with Gasteiger partial charge in [0.1, 0.15) is 12.4 Å². The Bertz CT molecular complexity index is 833. The van der Waals surface area contributed by atoms with E-state index in [0.717, 1.165) is 11.4 Å². The fourth-order valence-electron chi connectivity index (χ4n) is 3.53. The summed E-state index contributed by atoms with van der Waals surface area (Å²) >= 11 is 0. The third-order valence-electron chi connectivity index (χ3n) is 5.20. The Morgan fingerprint density at radius 3 is 2.54 bits per heavy atom. The first-order valence-electron chi connectivity index (χ1n) is 9.78. The number of anilines is 1. The number of rotatable bonds is 8. The summed E-state index contributed by atoms with van der Waals surface area (Å²) in [5, 5.41) is 0. The van der Waals surface area contributed by atoms with Crippen LogP contribution < -0.4 is 24.8 Å². The molecule has 2 N–H and O–H groups in total. The summed E-state index contributed by atoms with van der Waals surface area (Å²) in [5.41, 5.74) is 7.62. The molecule has 0 bridgehead atoms. The number of hydrogen-bond acceptors (Lipinski definition) is 5. The van der Waals surface area contributed by atoms with Gasteiger partial charge in [-0.1, -0.05) is 12.1 Å². The zero-order valence-corrected chi connectivity index (χ0v) is 16.1. The quantitative estimate of drug-likeness (QED) is 0.759. The van der Waals surface area contributed by atoms with Gasteiger partial charge >= 0.3 is 0 Å². The van der Waals surface area contributed by atoms with Crippen molar-refractivity contribution >= 4 is 11.6 Å². The van der Waals surface area contributed by atoms with Crippen LogP contribution in [-0.2, 0) is 4.79 Å². The van der Waals surface area contributed by atoms with Crippen molar-refractivity contribution in [1.82, 2.24) is 0 Å². The first-order valence-corrected chi connectivity index (χ1v) is 9.78. The monoisotopic (exact) mass is 382 g/mol. The van der Waals surface area contributed by atoms with Crippen LogP contribution in [0.5, 0.6) is 17.2 Å². The molecule has 0 unspecified atom stereocenters. The van der Waals surface area contributed by atoms with E-state index in [1.54, 1.807) is 12.0 Å². The Morgan fingerprint density at radius 2 is 1.86 bits per heavy atom. The number of nitrogens with zero attached hydrogens (tertiary/aromatic N) is 1. The van der Waals surface area contributed by atoms with E-state index >= 15 is 0 Å². The van der Waals surface area contributed by atoms with Gasteiger partial charge in [-0.15, -0.1) is 0 Å². The predicted molar refractivity (Wildman–Crippen MR) is 107 cm³/mol. The van der Waals surface area contributed by atoms with Crippen molar-refractivity contribution in [3.63, 3.8) is 0 Å². The molecule has 6 nitrogen and oxygen atoms in total. The average Bonchev–Trinajstić information content (AvgIpc) is 3.51. The van der Waals surface area contributed by atoms with E-state index in [-0.39, 0.29) is 5.91 Å². The fourth-order valence-corrected chi connectivity index (χ4v) is 3.53. The molecule has 0 spiro atoms. The minimum Gasteiger partial charge on any atom is -0.493 e. The molecule has 6 heteroatoms. The molecular weight excluding hydrogens is 356 g/mol. The minimum atomic E-state index is -0.467. The van der Waals surface area contributed by atoms with Gasteiger partial charge in [0.05, 0.1) is 7.11 Å². The smallest absolute Gasteiger partial charge is 0.268 e. The summed E-state index contributed by atoms with van der Waals surface area (Å²) in [6.07, 6.45) is 2.73. The SMILES string of the molecule is COc1cc(N2CC[C@H](Oc3ccc(C4CC4)cc3)C2=O)ccc1OCCN. The van der Waals surface area contributed by atoms with Crippen molar-refractivity contribution < 1.29 is 19.0 Å². The van der Waals surface area contributed by atoms with Gasteiger partial charge < -0.3 is 24.8 Å². The highest BCUT2D eigenvalue weighted by molar-refractivity contribution is 5.99. The lowest BCUT2D eigenvalue weighted by molar-refractivity contribution is -0.122. The van der Waals surface area contributed by atoms with E-state index < -0.39 is 6.10 Å². The maximum absolute atomic E-state index is 12.9. The van der Waals surface area contributed by atoms with Crippen molar-refractivity contribution in [2.75, 3.05) is 31.7 Å². The lowest BCUT2D eigenvalue weighted by atomic mass is 10.1. The molecular formula is C22H26N2O4. The maximum Gasteiger partial charge on any atom is 0.268 e. The van der Waals surface area contributed by atoms with Gasteiger partial charge in [-0.3, -0.25) is 4.79 Å². The van der Waals surface area contributed by atoms with Crippen molar-refractivity contribution in [1.29, 1.82) is 0 Å². The van der Waals surface area contributed by atoms with Crippen LogP contribution in [-0.4, -0.2) is 38.8 Å². The average molecular weight is 382 g/mol. The van der Waals surface area contributed by atoms with E-state index in [2.05, 4.69) is 12.1 Å². The summed E-state index contributed by atoms with van der Waals surface area (Å²) < 4.78 is 16.9. The molecule has 2 aromatic carbocycles. The summed E-state index contributed by atoms with van der Waals surface area (Å²) in [5.74, 6) is 2.62. The van der Waals surface area contributed by atoms with E-state index in [9.17, 15) is 4.79 Å². The molecule has 2 aromatic rings. The number of hydrogen-bond donors (Lipinski definition) is 1. The van der Waals surface area contributed by atoms with Crippen LogP contribution in [0.2, 0.25) is 0 Å². The maximum atomic E-state index is 12.9. The Morgan fingerprint density at radius 1 is 1.07 bits per heavy atom. The molecule has 2 fully saturated rings. The fraction of sp³-hybridized carbons (Fsp3) is 0.409. The number of nitrogens with two attached hydrogens (primary N) is 1. The summed E-state index contributed by atoms with van der Waals surface area (Å²) in [4.78, 5) is 14.6. The highest BCUT2D eigenvalue weighted by Gasteiger charge is 2.34. The molecule has 2 aliphatic rings. The van der Waals surface area contributed by atoms with E-state index in [4.69, 9.17) is 19.9 Å². The first kappa shape index (κ1) is 18.6. The number of carbonyl (C=O) groups excluding carboxylic acids is 1. The number of benzene rings is 2. The molecule has 1 amide bonds. The molecule has 4 rings (SSSR count). The highest BCUT2D eigenvalue weighted by atomic mass is 16.5. The zero-order chi connectivity index (χ0) is 19.5. The minimum absolute atomic E-state index is 0.0380. The van der Waals surface area contributed by atoms with Crippen LogP contribution in [0.15, 0.2) is 42.5 Å². The number of amides is 1. The summed E-state index contributed by atoms with van der Waals surface area (Å²) in [7, 11) is 1.58. The van der Waals surface area contributed by atoms with Crippen LogP contribution >= 0.6 is 0 Å². The Hall–Kier alpha value is -2.73. The number of ether oxygens (including phenoxy) is 3. The third-order valence-corrected chi connectivity index (χ3v) is 5.20. The second-order valence-corrected chi connectivity index (χ2v) is 7.20. The normalized spacial score (nSPS) is 19.0. The molecule has 0 aromatic heterocycles. The van der Waals surface area contributed by atoms with Crippen molar-refractivity contribution in [3.05, 3.63) is 48.0 Å². The van der Waals surface area contributed by atoms with Crippen LogP contribution in [0, 0.1) is 0 Å². The largest absolute Gasteiger partial charge is 0.493 e. The lowest BCUT2D eigenvalue weighted by Gasteiger charge is -2.19. The van der Waals surface area contributed by atoms with Crippen molar-refractivity contribution in [3.8, 4) is 17.2 Å². The van der Waals surface area contributed by atoms with Crippen LogP contribution in [0.25, 0.3) is 0 Å². The molecule has 1 atom stereocenters. The molecule has 1 saturated carbocycles. The molecule has 0 radical (unpaired) electrons. The third kappa shape index (κ3) is 3.92. The topological polar surface area (TPSA) is 74.0 Å². The number of methoxy groups -OCH3 is 1. The van der Waals surface area contributed by atoms with Gasteiger partial charge in [0.2, 0.25) is 0 Å². The van der Waals surface area contributed by atoms with Gasteiger partial charge in [-0.2, -0.15) is 0 Å². The van der Waals surface area contributed by atoms with Gasteiger partial charge in [0, 0.05) is 31.3 Å². The molecule has 1 aliphatic carbocycles. The number of carbonyl (C=O) groups is 1. The predicted octanol–water partition coefficient (Wildman–Crippen LogP) is 3.09. The molecule has 1 saturated heterocycles. The van der Waals surface area contributed by atoms with Gasteiger partial charge in [-0.05, 0) is 48.6 Å². The highest BCUT2D eigenvalue weighted by Crippen LogP contribution is 2.40. The van der Waals surface area contributed by atoms with Gasteiger partial charge in [0.25, 0.3) is 5.91 Å². The second-order valence-electron chi connectivity index (χ2n) is 7.20.